The summed E-state index contributed by atoms with van der Waals surface area (Å²) >= 11 is 0. The minimum atomic E-state index is 0.0751. The van der Waals surface area contributed by atoms with Crippen molar-refractivity contribution in [2.75, 3.05) is 0 Å². The fraction of sp³-hybridized carbons (Fsp3) is 0.471. The molecule has 2 aliphatic rings. The third-order valence-corrected chi connectivity index (χ3v) is 5.19. The van der Waals surface area contributed by atoms with Gasteiger partial charge in [-0.3, -0.25) is 0 Å². The van der Waals surface area contributed by atoms with Crippen molar-refractivity contribution < 1.29 is 0 Å². The van der Waals surface area contributed by atoms with E-state index in [1.807, 2.05) is 12.4 Å². The Hall–Kier alpha value is -1.61. The zero-order valence-corrected chi connectivity index (χ0v) is 11.9. The largest absolute Gasteiger partial charge is 0.334 e. The first-order chi connectivity index (χ1) is 9.81. The fourth-order valence-electron chi connectivity index (χ4n) is 4.17. The molecule has 1 saturated carbocycles. The summed E-state index contributed by atoms with van der Waals surface area (Å²) in [5.74, 6) is 3.06. The summed E-state index contributed by atoms with van der Waals surface area (Å²) in [7, 11) is 0. The minimum Gasteiger partial charge on any atom is -0.334 e. The zero-order valence-electron chi connectivity index (χ0n) is 11.9. The second-order valence-corrected chi connectivity index (χ2v) is 6.10. The van der Waals surface area contributed by atoms with Crippen LogP contribution in [0, 0.1) is 11.8 Å². The van der Waals surface area contributed by atoms with E-state index < -0.39 is 0 Å². The lowest BCUT2D eigenvalue weighted by molar-refractivity contribution is 0.508. The van der Waals surface area contributed by atoms with Crippen LogP contribution in [0.5, 0.6) is 0 Å². The van der Waals surface area contributed by atoms with Crippen LogP contribution in [0.2, 0.25) is 0 Å². The van der Waals surface area contributed by atoms with Crippen molar-refractivity contribution in [1.82, 2.24) is 9.55 Å². The molecule has 4 unspecified atom stereocenters. The molecule has 2 aromatic rings. The number of aryl methyl sites for hydroxylation is 2. The van der Waals surface area contributed by atoms with Gasteiger partial charge < -0.3 is 10.3 Å². The third kappa shape index (κ3) is 1.66. The fourth-order valence-corrected chi connectivity index (χ4v) is 4.17. The van der Waals surface area contributed by atoms with Crippen molar-refractivity contribution in [3.05, 3.63) is 53.6 Å². The molecule has 2 aliphatic carbocycles. The molecule has 3 heteroatoms. The lowest BCUT2D eigenvalue weighted by Gasteiger charge is -2.14. The maximum Gasteiger partial charge on any atom is 0.125 e. The number of hydrogen-bond acceptors (Lipinski definition) is 2. The molecule has 20 heavy (non-hydrogen) atoms. The summed E-state index contributed by atoms with van der Waals surface area (Å²) < 4.78 is 2.18. The molecule has 0 radical (unpaired) electrons. The van der Waals surface area contributed by atoms with E-state index in [2.05, 4.69) is 40.7 Å². The summed E-state index contributed by atoms with van der Waals surface area (Å²) in [4.78, 5) is 4.50. The Morgan fingerprint density at radius 3 is 3.10 bits per heavy atom. The predicted octanol–water partition coefficient (Wildman–Crippen LogP) is 2.88. The molecule has 2 N–H and O–H groups in total. The van der Waals surface area contributed by atoms with Crippen LogP contribution in [-0.2, 0) is 13.0 Å². The molecule has 0 bridgehead atoms. The molecular weight excluding hydrogens is 246 g/mol. The maximum atomic E-state index is 6.55. The Morgan fingerprint density at radius 2 is 2.25 bits per heavy atom. The van der Waals surface area contributed by atoms with Gasteiger partial charge in [-0.1, -0.05) is 24.3 Å². The number of nitrogens with zero attached hydrogens (tertiary/aromatic N) is 2. The number of fused-ring (bicyclic) bond motifs is 3. The molecule has 0 aliphatic heterocycles. The summed E-state index contributed by atoms with van der Waals surface area (Å²) in [5.41, 5.74) is 9.63. The van der Waals surface area contributed by atoms with Gasteiger partial charge in [0, 0.05) is 18.9 Å². The Labute approximate surface area is 119 Å². The highest BCUT2D eigenvalue weighted by Crippen LogP contribution is 2.63. The highest BCUT2D eigenvalue weighted by atomic mass is 15.1. The number of nitrogens with two attached hydrogens (primary N) is 1. The van der Waals surface area contributed by atoms with Crippen molar-refractivity contribution in [3.63, 3.8) is 0 Å². The molecule has 1 aromatic carbocycles. The van der Waals surface area contributed by atoms with Gasteiger partial charge in [-0.15, -0.1) is 0 Å². The molecule has 104 valence electrons. The predicted molar refractivity (Wildman–Crippen MR) is 79.3 cm³/mol. The number of rotatable bonds is 3. The van der Waals surface area contributed by atoms with Gasteiger partial charge >= 0.3 is 0 Å². The van der Waals surface area contributed by atoms with E-state index in [-0.39, 0.29) is 6.04 Å². The van der Waals surface area contributed by atoms with Gasteiger partial charge in [0.15, 0.2) is 0 Å². The summed E-state index contributed by atoms with van der Waals surface area (Å²) in [6, 6.07) is 8.96. The van der Waals surface area contributed by atoms with Crippen LogP contribution in [0.25, 0.3) is 0 Å². The number of aromatic nitrogens is 2. The Morgan fingerprint density at radius 1 is 1.40 bits per heavy atom. The Balaban J connectivity index is 1.64. The van der Waals surface area contributed by atoms with Crippen LogP contribution in [-0.4, -0.2) is 9.55 Å². The highest BCUT2D eigenvalue weighted by Gasteiger charge is 2.56. The van der Waals surface area contributed by atoms with Gasteiger partial charge in [0.2, 0.25) is 0 Å². The third-order valence-electron chi connectivity index (χ3n) is 5.19. The topological polar surface area (TPSA) is 43.8 Å². The molecule has 0 amide bonds. The first-order valence-electron chi connectivity index (χ1n) is 7.65. The van der Waals surface area contributed by atoms with E-state index in [4.69, 9.17) is 5.73 Å². The molecule has 0 spiro atoms. The lowest BCUT2D eigenvalue weighted by atomic mass is 9.92. The van der Waals surface area contributed by atoms with Crippen molar-refractivity contribution in [1.29, 1.82) is 0 Å². The Bertz CT molecular complexity index is 631. The Kier molecular flexibility index (Phi) is 2.71. The van der Waals surface area contributed by atoms with Crippen LogP contribution in [0.4, 0.5) is 0 Å². The van der Waals surface area contributed by atoms with E-state index in [0.717, 1.165) is 18.3 Å². The first kappa shape index (κ1) is 12.2. The maximum absolute atomic E-state index is 6.55. The molecule has 1 heterocycles. The van der Waals surface area contributed by atoms with Gasteiger partial charge in [0.25, 0.3) is 0 Å². The number of benzene rings is 1. The summed E-state index contributed by atoms with van der Waals surface area (Å²) in [6.45, 7) is 3.09. The van der Waals surface area contributed by atoms with Crippen molar-refractivity contribution in [2.45, 2.75) is 38.3 Å². The molecular formula is C17H21N3. The monoisotopic (exact) mass is 267 g/mol. The quantitative estimate of drug-likeness (QED) is 0.929. The van der Waals surface area contributed by atoms with Crippen LogP contribution in [0.1, 0.15) is 42.3 Å². The van der Waals surface area contributed by atoms with Crippen LogP contribution >= 0.6 is 0 Å². The molecule has 4 atom stereocenters. The molecule has 1 fully saturated rings. The minimum absolute atomic E-state index is 0.0751. The SMILES string of the molecule is CCn1ccnc1C(N)C1C2CCc3ccccc3C21. The lowest BCUT2D eigenvalue weighted by Crippen LogP contribution is -2.19. The van der Waals surface area contributed by atoms with E-state index >= 15 is 0 Å². The van der Waals surface area contributed by atoms with Crippen LogP contribution in [0.15, 0.2) is 36.7 Å². The second-order valence-electron chi connectivity index (χ2n) is 6.10. The average molecular weight is 267 g/mol. The average Bonchev–Trinajstić information content (AvgIpc) is 3.04. The first-order valence-corrected chi connectivity index (χ1v) is 7.65. The van der Waals surface area contributed by atoms with E-state index in [1.165, 1.54) is 18.4 Å². The van der Waals surface area contributed by atoms with Crippen molar-refractivity contribution in [3.8, 4) is 0 Å². The molecule has 0 saturated heterocycles. The van der Waals surface area contributed by atoms with E-state index in [9.17, 15) is 0 Å². The van der Waals surface area contributed by atoms with Gasteiger partial charge in [-0.25, -0.2) is 4.98 Å². The molecule has 1 aromatic heterocycles. The second kappa shape index (κ2) is 4.45. The van der Waals surface area contributed by atoms with Crippen molar-refractivity contribution >= 4 is 0 Å². The van der Waals surface area contributed by atoms with Crippen LogP contribution < -0.4 is 5.73 Å². The zero-order chi connectivity index (χ0) is 13.7. The smallest absolute Gasteiger partial charge is 0.125 e. The summed E-state index contributed by atoms with van der Waals surface area (Å²) in [6.07, 6.45) is 6.41. The highest BCUT2D eigenvalue weighted by molar-refractivity contribution is 5.40. The van der Waals surface area contributed by atoms with Gasteiger partial charge in [-0.05, 0) is 48.6 Å². The molecule has 3 nitrogen and oxygen atoms in total. The van der Waals surface area contributed by atoms with Crippen molar-refractivity contribution in [2.24, 2.45) is 17.6 Å². The van der Waals surface area contributed by atoms with Gasteiger partial charge in [0.05, 0.1) is 6.04 Å². The number of hydrogen-bond donors (Lipinski definition) is 1. The molecule has 4 rings (SSSR count). The van der Waals surface area contributed by atoms with E-state index in [0.29, 0.717) is 11.8 Å². The van der Waals surface area contributed by atoms with Gasteiger partial charge in [-0.2, -0.15) is 0 Å². The van der Waals surface area contributed by atoms with Crippen LogP contribution in [0.3, 0.4) is 0 Å². The van der Waals surface area contributed by atoms with E-state index in [1.54, 1.807) is 5.56 Å². The number of imidazole rings is 1. The standard InChI is InChI=1S/C17H21N3/c1-2-20-10-9-19-17(20)16(18)15-13-8-7-11-5-3-4-6-12(11)14(13)15/h3-6,9-10,13-16H,2,7-8,18H2,1H3. The van der Waals surface area contributed by atoms with Gasteiger partial charge in [0.1, 0.15) is 5.82 Å². The summed E-state index contributed by atoms with van der Waals surface area (Å²) in [5, 5.41) is 0. The normalized spacial score (nSPS) is 28.6.